The maximum absolute atomic E-state index is 13.5. The highest BCUT2D eigenvalue weighted by molar-refractivity contribution is 7.91. The van der Waals surface area contributed by atoms with Gasteiger partial charge in [-0.25, -0.2) is 17.6 Å². The third kappa shape index (κ3) is 3.92. The number of benzene rings is 1. The normalized spacial score (nSPS) is 17.0. The van der Waals surface area contributed by atoms with Crippen molar-refractivity contribution in [2.75, 3.05) is 24.6 Å². The molecule has 1 N–H and O–H groups in total. The average Bonchev–Trinajstić information content (AvgIpc) is 2.46. The topological polar surface area (TPSA) is 90.3 Å². The van der Waals surface area contributed by atoms with Crippen molar-refractivity contribution in [2.24, 2.45) is 0 Å². The lowest BCUT2D eigenvalue weighted by atomic mass is 10.1. The third-order valence-electron chi connectivity index (χ3n) is 3.24. The van der Waals surface area contributed by atoms with E-state index in [0.717, 1.165) is 0 Å². The molecule has 1 saturated heterocycles. The van der Waals surface area contributed by atoms with E-state index in [0.29, 0.717) is 5.56 Å². The highest BCUT2D eigenvalue weighted by Crippen LogP contribution is 2.10. The van der Waals surface area contributed by atoms with Crippen LogP contribution in [0.2, 0.25) is 0 Å². The van der Waals surface area contributed by atoms with Crippen LogP contribution in [0.1, 0.15) is 11.1 Å². The number of carbonyl (C=O) groups excluding carboxylic acids is 1. The molecule has 0 aromatic heterocycles. The van der Waals surface area contributed by atoms with Crippen molar-refractivity contribution in [1.29, 1.82) is 5.26 Å². The zero-order valence-corrected chi connectivity index (χ0v) is 12.0. The summed E-state index contributed by atoms with van der Waals surface area (Å²) in [6, 6.07) is 5.36. The molecule has 112 valence electrons. The predicted molar refractivity (Wildman–Crippen MR) is 73.6 cm³/mol. The largest absolute Gasteiger partial charge is 0.334 e. The van der Waals surface area contributed by atoms with E-state index < -0.39 is 21.7 Å². The minimum atomic E-state index is -3.05. The Morgan fingerprint density at radius 2 is 2.05 bits per heavy atom. The second-order valence-electron chi connectivity index (χ2n) is 4.72. The summed E-state index contributed by atoms with van der Waals surface area (Å²) in [5.74, 6) is -0.618. The van der Waals surface area contributed by atoms with Gasteiger partial charge in [-0.1, -0.05) is 0 Å². The van der Waals surface area contributed by atoms with Crippen LogP contribution in [-0.4, -0.2) is 43.9 Å². The molecule has 21 heavy (non-hydrogen) atoms. The molecule has 0 radical (unpaired) electrons. The fourth-order valence-electron chi connectivity index (χ4n) is 1.98. The monoisotopic (exact) mass is 311 g/mol. The SMILES string of the molecule is N#Cc1ccc(F)c(CNC(=O)N2CCS(=O)(=O)CC2)c1. The first-order valence-electron chi connectivity index (χ1n) is 6.33. The van der Waals surface area contributed by atoms with Gasteiger partial charge in [0, 0.05) is 25.2 Å². The van der Waals surface area contributed by atoms with Gasteiger partial charge in [0.15, 0.2) is 9.84 Å². The van der Waals surface area contributed by atoms with E-state index in [2.05, 4.69) is 5.32 Å². The molecular formula is C13H14FN3O3S. The summed E-state index contributed by atoms with van der Waals surface area (Å²) in [6.45, 7) is 0.215. The van der Waals surface area contributed by atoms with Crippen molar-refractivity contribution in [3.63, 3.8) is 0 Å². The first-order chi connectivity index (χ1) is 9.91. The van der Waals surface area contributed by atoms with Crippen LogP contribution in [-0.2, 0) is 16.4 Å². The molecule has 2 amide bonds. The lowest BCUT2D eigenvalue weighted by Gasteiger charge is -2.26. The van der Waals surface area contributed by atoms with E-state index in [-0.39, 0.29) is 36.7 Å². The number of nitrogens with zero attached hydrogens (tertiary/aromatic N) is 2. The van der Waals surface area contributed by atoms with E-state index in [1.54, 1.807) is 0 Å². The van der Waals surface area contributed by atoms with Crippen LogP contribution in [0.3, 0.4) is 0 Å². The molecular weight excluding hydrogens is 297 g/mol. The number of nitrogens with one attached hydrogen (secondary N) is 1. The first kappa shape index (κ1) is 15.3. The summed E-state index contributed by atoms with van der Waals surface area (Å²) in [7, 11) is -3.05. The van der Waals surface area contributed by atoms with Crippen LogP contribution in [0.25, 0.3) is 0 Å². The highest BCUT2D eigenvalue weighted by atomic mass is 32.2. The lowest BCUT2D eigenvalue weighted by molar-refractivity contribution is 0.201. The molecule has 1 aromatic carbocycles. The maximum Gasteiger partial charge on any atom is 0.317 e. The van der Waals surface area contributed by atoms with Crippen LogP contribution in [0.5, 0.6) is 0 Å². The van der Waals surface area contributed by atoms with Crippen molar-refractivity contribution in [2.45, 2.75) is 6.54 Å². The molecule has 1 fully saturated rings. The predicted octanol–water partition coefficient (Wildman–Crippen LogP) is 0.637. The van der Waals surface area contributed by atoms with Gasteiger partial charge in [0.2, 0.25) is 0 Å². The Morgan fingerprint density at radius 1 is 1.38 bits per heavy atom. The smallest absolute Gasteiger partial charge is 0.317 e. The number of nitriles is 1. The molecule has 6 nitrogen and oxygen atoms in total. The fraction of sp³-hybridized carbons (Fsp3) is 0.385. The van der Waals surface area contributed by atoms with Crippen LogP contribution < -0.4 is 5.32 Å². The Hall–Kier alpha value is -2.14. The number of urea groups is 1. The highest BCUT2D eigenvalue weighted by Gasteiger charge is 2.24. The third-order valence-corrected chi connectivity index (χ3v) is 4.85. The molecule has 1 heterocycles. The summed E-state index contributed by atoms with van der Waals surface area (Å²) < 4.78 is 36.1. The summed E-state index contributed by atoms with van der Waals surface area (Å²) in [6.07, 6.45) is 0. The molecule has 0 bridgehead atoms. The van der Waals surface area contributed by atoms with Crippen LogP contribution in [0.4, 0.5) is 9.18 Å². The van der Waals surface area contributed by atoms with E-state index in [4.69, 9.17) is 5.26 Å². The van der Waals surface area contributed by atoms with Crippen molar-refractivity contribution >= 4 is 15.9 Å². The summed E-state index contributed by atoms with van der Waals surface area (Å²) in [5.41, 5.74) is 0.525. The average molecular weight is 311 g/mol. The van der Waals surface area contributed by atoms with Crippen LogP contribution in [0, 0.1) is 17.1 Å². The van der Waals surface area contributed by atoms with E-state index in [1.165, 1.54) is 23.1 Å². The zero-order valence-electron chi connectivity index (χ0n) is 11.2. The molecule has 0 unspecified atom stereocenters. The number of rotatable bonds is 2. The zero-order chi connectivity index (χ0) is 15.5. The van der Waals surface area contributed by atoms with Crippen molar-refractivity contribution in [1.82, 2.24) is 10.2 Å². The number of hydrogen-bond donors (Lipinski definition) is 1. The Morgan fingerprint density at radius 3 is 2.67 bits per heavy atom. The van der Waals surface area contributed by atoms with E-state index in [1.807, 2.05) is 6.07 Å². The fourth-order valence-corrected chi connectivity index (χ4v) is 3.18. The number of carbonyl (C=O) groups is 1. The molecule has 0 spiro atoms. The molecule has 2 rings (SSSR count). The molecule has 8 heteroatoms. The molecule has 0 atom stereocenters. The lowest BCUT2D eigenvalue weighted by Crippen LogP contribution is -2.48. The number of sulfone groups is 1. The number of hydrogen-bond acceptors (Lipinski definition) is 4. The van der Waals surface area contributed by atoms with Gasteiger partial charge in [-0.15, -0.1) is 0 Å². The second kappa shape index (κ2) is 6.10. The minimum absolute atomic E-state index is 0.0521. The molecule has 1 aromatic rings. The number of amides is 2. The van der Waals surface area contributed by atoms with E-state index in [9.17, 15) is 17.6 Å². The maximum atomic E-state index is 13.5. The Labute approximate surface area is 122 Å². The van der Waals surface area contributed by atoms with Crippen molar-refractivity contribution in [3.05, 3.63) is 35.1 Å². The summed E-state index contributed by atoms with van der Waals surface area (Å²) >= 11 is 0. The molecule has 0 saturated carbocycles. The van der Waals surface area contributed by atoms with E-state index >= 15 is 0 Å². The van der Waals surface area contributed by atoms with Gasteiger partial charge in [-0.05, 0) is 18.2 Å². The number of halogens is 1. The Balaban J connectivity index is 1.94. The van der Waals surface area contributed by atoms with Gasteiger partial charge in [0.1, 0.15) is 5.82 Å². The van der Waals surface area contributed by atoms with Gasteiger partial charge in [0.25, 0.3) is 0 Å². The molecule has 1 aliphatic rings. The summed E-state index contributed by atoms with van der Waals surface area (Å²) in [5, 5.41) is 11.3. The second-order valence-corrected chi connectivity index (χ2v) is 7.02. The van der Waals surface area contributed by atoms with Crippen LogP contribution >= 0.6 is 0 Å². The standard InChI is InChI=1S/C13H14FN3O3S/c14-12-2-1-10(8-15)7-11(12)9-16-13(18)17-3-5-21(19,20)6-4-17/h1-2,7H,3-6,9H2,(H,16,18). The van der Waals surface area contributed by atoms with Crippen molar-refractivity contribution in [3.8, 4) is 6.07 Å². The van der Waals surface area contributed by atoms with Crippen molar-refractivity contribution < 1.29 is 17.6 Å². The van der Waals surface area contributed by atoms with Gasteiger partial charge in [-0.3, -0.25) is 0 Å². The Bertz CT molecular complexity index is 683. The van der Waals surface area contributed by atoms with Gasteiger partial charge in [0.05, 0.1) is 23.1 Å². The molecule has 1 aliphatic heterocycles. The molecule has 0 aliphatic carbocycles. The Kier molecular flexibility index (Phi) is 4.43. The quantitative estimate of drug-likeness (QED) is 0.867. The van der Waals surface area contributed by atoms with Crippen LogP contribution in [0.15, 0.2) is 18.2 Å². The minimum Gasteiger partial charge on any atom is -0.334 e. The van der Waals surface area contributed by atoms with Gasteiger partial charge in [-0.2, -0.15) is 5.26 Å². The van der Waals surface area contributed by atoms with Gasteiger partial charge < -0.3 is 10.2 Å². The first-order valence-corrected chi connectivity index (χ1v) is 8.15. The summed E-state index contributed by atoms with van der Waals surface area (Å²) in [4.78, 5) is 13.3. The van der Waals surface area contributed by atoms with Gasteiger partial charge >= 0.3 is 6.03 Å².